The van der Waals surface area contributed by atoms with Gasteiger partial charge in [0, 0.05) is 41.8 Å². The van der Waals surface area contributed by atoms with Crippen LogP contribution < -0.4 is 5.32 Å². The molecule has 6 nitrogen and oxygen atoms in total. The molecule has 0 aliphatic carbocycles. The molecule has 0 aliphatic rings. The number of benzene rings is 3. The van der Waals surface area contributed by atoms with Crippen LogP contribution >= 0.6 is 23.2 Å². The van der Waals surface area contributed by atoms with Crippen LogP contribution in [0.25, 0.3) is 10.9 Å². The van der Waals surface area contributed by atoms with Crippen LogP contribution in [-0.2, 0) is 17.8 Å². The fourth-order valence-electron chi connectivity index (χ4n) is 4.40. The molecule has 2 N–H and O–H groups in total. The minimum Gasteiger partial charge on any atom is -0.361 e. The van der Waals surface area contributed by atoms with E-state index in [0.717, 1.165) is 22.0 Å². The van der Waals surface area contributed by atoms with Crippen LogP contribution in [0.2, 0.25) is 10.0 Å². The van der Waals surface area contributed by atoms with Gasteiger partial charge in [0.1, 0.15) is 6.54 Å². The summed E-state index contributed by atoms with van der Waals surface area (Å²) in [6, 6.07) is 22.5. The monoisotopic (exact) mass is 550 g/mol. The van der Waals surface area contributed by atoms with Gasteiger partial charge in [0.05, 0.1) is 10.7 Å². The van der Waals surface area contributed by atoms with E-state index in [4.69, 9.17) is 23.2 Å². The number of hydrogen-bond acceptors (Lipinski definition) is 2. The summed E-state index contributed by atoms with van der Waals surface area (Å²) >= 11 is 12.3. The minimum absolute atomic E-state index is 0.0457. The van der Waals surface area contributed by atoms with Crippen LogP contribution in [0.4, 0.5) is 10.5 Å². The number of anilines is 1. The molecule has 0 fully saturated rings. The summed E-state index contributed by atoms with van der Waals surface area (Å²) < 4.78 is 0. The van der Waals surface area contributed by atoms with Crippen molar-refractivity contribution in [2.45, 2.75) is 26.8 Å². The number of nitrogens with zero attached hydrogens (tertiary/aromatic N) is 2. The second-order valence-electron chi connectivity index (χ2n) is 9.74. The number of carbonyl (C=O) groups is 2. The Labute approximate surface area is 233 Å². The van der Waals surface area contributed by atoms with Gasteiger partial charge in [0.15, 0.2) is 0 Å². The van der Waals surface area contributed by atoms with Gasteiger partial charge in [0.25, 0.3) is 0 Å². The fraction of sp³-hybridized carbons (Fsp3) is 0.267. The maximum Gasteiger partial charge on any atom is 0.322 e. The molecule has 3 amide bonds. The lowest BCUT2D eigenvalue weighted by atomic mass is 10.1. The highest BCUT2D eigenvalue weighted by Crippen LogP contribution is 2.26. The van der Waals surface area contributed by atoms with Crippen LogP contribution in [0, 0.1) is 5.92 Å². The molecule has 0 bridgehead atoms. The van der Waals surface area contributed by atoms with E-state index in [-0.39, 0.29) is 24.4 Å². The molecule has 3 aromatic carbocycles. The highest BCUT2D eigenvalue weighted by Gasteiger charge is 2.23. The molecule has 1 aromatic heterocycles. The second kappa shape index (κ2) is 12.9. The Balaban J connectivity index is 1.51. The number of fused-ring (bicyclic) bond motifs is 1. The number of amides is 3. The topological polar surface area (TPSA) is 68.4 Å². The van der Waals surface area contributed by atoms with Crippen LogP contribution in [0.15, 0.2) is 79.0 Å². The van der Waals surface area contributed by atoms with Crippen LogP contribution in [0.1, 0.15) is 25.0 Å². The first-order valence-electron chi connectivity index (χ1n) is 12.7. The quantitative estimate of drug-likeness (QED) is 0.218. The third-order valence-electron chi connectivity index (χ3n) is 6.27. The molecule has 4 aromatic rings. The number of halogens is 2. The highest BCUT2D eigenvalue weighted by atomic mass is 35.5. The zero-order chi connectivity index (χ0) is 27.1. The van der Waals surface area contributed by atoms with Gasteiger partial charge in [-0.15, -0.1) is 0 Å². The van der Waals surface area contributed by atoms with E-state index >= 15 is 0 Å². The molecule has 0 spiro atoms. The SMILES string of the molecule is CC(C)CN(CC(=O)N(CCc1c[nH]c2ccccc12)Cc1ccccc1)C(=O)Nc1ccc(Cl)cc1Cl. The second-order valence-corrected chi connectivity index (χ2v) is 10.6. The standard InChI is InChI=1S/C30H32Cl2N4O2/c1-21(2)18-36(30(38)34-28-13-12-24(31)16-26(28)32)20-29(37)35(19-22-8-4-3-5-9-22)15-14-23-17-33-27-11-7-6-10-25(23)27/h3-13,16-17,21,33H,14-15,18-20H2,1-2H3,(H,34,38). The number of aromatic amines is 1. The molecule has 0 unspecified atom stereocenters. The van der Waals surface area contributed by atoms with E-state index in [0.29, 0.717) is 41.8 Å². The van der Waals surface area contributed by atoms with Crippen molar-refractivity contribution in [1.29, 1.82) is 0 Å². The van der Waals surface area contributed by atoms with Crippen LogP contribution in [0.5, 0.6) is 0 Å². The van der Waals surface area contributed by atoms with Gasteiger partial charge in [-0.25, -0.2) is 4.79 Å². The first kappa shape index (κ1) is 27.6. The van der Waals surface area contributed by atoms with Crippen molar-refractivity contribution >= 4 is 51.7 Å². The lowest BCUT2D eigenvalue weighted by molar-refractivity contribution is -0.132. The molecular weight excluding hydrogens is 519 g/mol. The van der Waals surface area contributed by atoms with Crippen molar-refractivity contribution in [3.8, 4) is 0 Å². The molecule has 0 aliphatic heterocycles. The van der Waals surface area contributed by atoms with Crippen molar-refractivity contribution in [2.24, 2.45) is 5.92 Å². The molecule has 198 valence electrons. The van der Waals surface area contributed by atoms with Gasteiger partial charge in [-0.05, 0) is 47.7 Å². The predicted octanol–water partition coefficient (Wildman–Crippen LogP) is 7.24. The van der Waals surface area contributed by atoms with Crippen molar-refractivity contribution in [3.63, 3.8) is 0 Å². The van der Waals surface area contributed by atoms with Gasteiger partial charge in [-0.3, -0.25) is 4.79 Å². The minimum atomic E-state index is -0.382. The average Bonchev–Trinajstić information content (AvgIpc) is 3.31. The normalized spacial score (nSPS) is 11.1. The van der Waals surface area contributed by atoms with Crippen molar-refractivity contribution in [1.82, 2.24) is 14.8 Å². The molecule has 38 heavy (non-hydrogen) atoms. The molecule has 0 saturated carbocycles. The molecular formula is C30H32Cl2N4O2. The lowest BCUT2D eigenvalue weighted by Crippen LogP contribution is -2.46. The van der Waals surface area contributed by atoms with Gasteiger partial charge < -0.3 is 20.1 Å². The van der Waals surface area contributed by atoms with Gasteiger partial charge in [-0.1, -0.05) is 85.6 Å². The van der Waals surface area contributed by atoms with E-state index in [1.807, 2.05) is 73.5 Å². The Bertz CT molecular complexity index is 1390. The summed E-state index contributed by atoms with van der Waals surface area (Å²) in [7, 11) is 0. The third-order valence-corrected chi connectivity index (χ3v) is 6.81. The Morgan fingerprint density at radius 3 is 2.42 bits per heavy atom. The van der Waals surface area contributed by atoms with Crippen molar-refractivity contribution in [2.75, 3.05) is 25.0 Å². The van der Waals surface area contributed by atoms with Crippen molar-refractivity contribution < 1.29 is 9.59 Å². The van der Waals surface area contributed by atoms with E-state index in [2.05, 4.69) is 16.4 Å². The van der Waals surface area contributed by atoms with Crippen molar-refractivity contribution in [3.05, 3.63) is 100 Å². The Hall–Kier alpha value is -3.48. The van der Waals surface area contributed by atoms with E-state index < -0.39 is 0 Å². The molecule has 1 heterocycles. The zero-order valence-corrected chi connectivity index (χ0v) is 23.1. The molecule has 0 saturated heterocycles. The maximum atomic E-state index is 13.7. The summed E-state index contributed by atoms with van der Waals surface area (Å²) in [6.45, 7) is 5.38. The highest BCUT2D eigenvalue weighted by molar-refractivity contribution is 6.36. The number of nitrogens with one attached hydrogen (secondary N) is 2. The lowest BCUT2D eigenvalue weighted by Gasteiger charge is -2.29. The number of H-pyrrole nitrogens is 1. The molecule has 4 rings (SSSR count). The maximum absolute atomic E-state index is 13.7. The van der Waals surface area contributed by atoms with Crippen LogP contribution in [-0.4, -0.2) is 46.4 Å². The predicted molar refractivity (Wildman–Crippen MR) is 156 cm³/mol. The first-order chi connectivity index (χ1) is 18.3. The first-order valence-corrected chi connectivity index (χ1v) is 13.4. The molecule has 0 radical (unpaired) electrons. The number of hydrogen-bond donors (Lipinski definition) is 2. The molecule has 8 heteroatoms. The van der Waals surface area contributed by atoms with E-state index in [1.165, 1.54) is 0 Å². The van der Waals surface area contributed by atoms with Gasteiger partial charge in [0.2, 0.25) is 5.91 Å². The van der Waals surface area contributed by atoms with Crippen LogP contribution in [0.3, 0.4) is 0 Å². The van der Waals surface area contributed by atoms with E-state index in [1.54, 1.807) is 23.1 Å². The number of carbonyl (C=O) groups excluding carboxylic acids is 2. The smallest absolute Gasteiger partial charge is 0.322 e. The average molecular weight is 552 g/mol. The third kappa shape index (κ3) is 7.30. The number of urea groups is 1. The summed E-state index contributed by atoms with van der Waals surface area (Å²) in [5, 5.41) is 4.81. The summed E-state index contributed by atoms with van der Waals surface area (Å²) in [6.07, 6.45) is 2.70. The molecule has 0 atom stereocenters. The Morgan fingerprint density at radius 2 is 1.68 bits per heavy atom. The Morgan fingerprint density at radius 1 is 0.947 bits per heavy atom. The number of rotatable bonds is 10. The number of para-hydroxylation sites is 1. The zero-order valence-electron chi connectivity index (χ0n) is 21.6. The fourth-order valence-corrected chi connectivity index (χ4v) is 4.85. The summed E-state index contributed by atoms with van der Waals surface area (Å²) in [5.74, 6) is 0.0507. The van der Waals surface area contributed by atoms with E-state index in [9.17, 15) is 9.59 Å². The summed E-state index contributed by atoms with van der Waals surface area (Å²) in [4.78, 5) is 33.6. The largest absolute Gasteiger partial charge is 0.361 e. The Kier molecular flexibility index (Phi) is 9.32. The van der Waals surface area contributed by atoms with Gasteiger partial charge in [-0.2, -0.15) is 0 Å². The number of aromatic nitrogens is 1. The summed E-state index contributed by atoms with van der Waals surface area (Å²) in [5.41, 5.74) is 3.71. The van der Waals surface area contributed by atoms with Gasteiger partial charge >= 0.3 is 6.03 Å².